The van der Waals surface area contributed by atoms with Crippen LogP contribution in [0.2, 0.25) is 0 Å². The van der Waals surface area contributed by atoms with Gasteiger partial charge in [-0.05, 0) is 19.2 Å². The van der Waals surface area contributed by atoms with E-state index < -0.39 is 0 Å². The standard InChI is InChI=1S/C12H16N2O2/c1-13-11-8-16-7-10(11)12(15)6-9-4-2-3-5-14-9/h2-5,10-11,13H,6-8H2,1H3. The largest absolute Gasteiger partial charge is 0.379 e. The van der Waals surface area contributed by atoms with Crippen molar-refractivity contribution in [1.82, 2.24) is 10.3 Å². The first-order chi connectivity index (χ1) is 7.81. The fourth-order valence-corrected chi connectivity index (χ4v) is 1.97. The summed E-state index contributed by atoms with van der Waals surface area (Å²) < 4.78 is 5.32. The van der Waals surface area contributed by atoms with Crippen LogP contribution in [0, 0.1) is 5.92 Å². The molecule has 2 atom stereocenters. The van der Waals surface area contributed by atoms with Gasteiger partial charge in [-0.1, -0.05) is 6.07 Å². The molecular weight excluding hydrogens is 204 g/mol. The highest BCUT2D eigenvalue weighted by molar-refractivity contribution is 5.84. The molecule has 0 aliphatic carbocycles. The van der Waals surface area contributed by atoms with Crippen LogP contribution in [-0.4, -0.2) is 37.1 Å². The van der Waals surface area contributed by atoms with Gasteiger partial charge < -0.3 is 10.1 Å². The highest BCUT2D eigenvalue weighted by atomic mass is 16.5. The lowest BCUT2D eigenvalue weighted by Gasteiger charge is -2.14. The first kappa shape index (κ1) is 11.2. The molecular formula is C12H16N2O2. The van der Waals surface area contributed by atoms with E-state index in [1.807, 2.05) is 25.2 Å². The maximum absolute atomic E-state index is 12.0. The number of aromatic nitrogens is 1. The van der Waals surface area contributed by atoms with Crippen LogP contribution in [0.4, 0.5) is 0 Å². The second kappa shape index (κ2) is 5.18. The van der Waals surface area contributed by atoms with E-state index in [9.17, 15) is 4.79 Å². The van der Waals surface area contributed by atoms with Gasteiger partial charge in [0.15, 0.2) is 0 Å². The predicted molar refractivity (Wildman–Crippen MR) is 60.1 cm³/mol. The third-order valence-electron chi connectivity index (χ3n) is 2.95. The molecule has 0 saturated carbocycles. The second-order valence-corrected chi connectivity index (χ2v) is 4.00. The van der Waals surface area contributed by atoms with E-state index in [1.54, 1.807) is 6.20 Å². The van der Waals surface area contributed by atoms with E-state index in [2.05, 4.69) is 10.3 Å². The van der Waals surface area contributed by atoms with Crippen molar-refractivity contribution in [2.45, 2.75) is 12.5 Å². The summed E-state index contributed by atoms with van der Waals surface area (Å²) in [5, 5.41) is 3.11. The summed E-state index contributed by atoms with van der Waals surface area (Å²) in [5.74, 6) is 0.169. The summed E-state index contributed by atoms with van der Waals surface area (Å²) in [6.07, 6.45) is 2.11. The van der Waals surface area contributed by atoms with Crippen LogP contribution in [-0.2, 0) is 16.0 Å². The van der Waals surface area contributed by atoms with Crippen LogP contribution in [0.25, 0.3) is 0 Å². The number of ether oxygens (including phenoxy) is 1. The van der Waals surface area contributed by atoms with E-state index in [1.165, 1.54) is 0 Å². The predicted octanol–water partition coefficient (Wildman–Crippen LogP) is 0.428. The average Bonchev–Trinajstić information content (AvgIpc) is 2.78. The maximum atomic E-state index is 12.0. The number of hydrogen-bond acceptors (Lipinski definition) is 4. The SMILES string of the molecule is CNC1COCC1C(=O)Cc1ccccn1. The lowest BCUT2D eigenvalue weighted by atomic mass is 9.95. The molecule has 0 amide bonds. The number of ketones is 1. The summed E-state index contributed by atoms with van der Waals surface area (Å²) in [7, 11) is 1.86. The van der Waals surface area contributed by atoms with E-state index >= 15 is 0 Å². The summed E-state index contributed by atoms with van der Waals surface area (Å²) in [6, 6.07) is 5.78. The topological polar surface area (TPSA) is 51.2 Å². The Kier molecular flexibility index (Phi) is 3.64. The van der Waals surface area contributed by atoms with Crippen LogP contribution in [0.1, 0.15) is 5.69 Å². The van der Waals surface area contributed by atoms with Crippen LogP contribution in [0.3, 0.4) is 0 Å². The molecule has 16 heavy (non-hydrogen) atoms. The minimum Gasteiger partial charge on any atom is -0.379 e. The Morgan fingerprint density at radius 1 is 1.56 bits per heavy atom. The molecule has 1 aliphatic heterocycles. The van der Waals surface area contributed by atoms with Crippen molar-refractivity contribution in [3.8, 4) is 0 Å². The minimum absolute atomic E-state index is 0.0352. The third-order valence-corrected chi connectivity index (χ3v) is 2.95. The van der Waals surface area contributed by atoms with Gasteiger partial charge in [-0.3, -0.25) is 9.78 Å². The molecule has 1 aliphatic rings. The third kappa shape index (κ3) is 2.46. The number of carbonyl (C=O) groups is 1. The lowest BCUT2D eigenvalue weighted by Crippen LogP contribution is -2.37. The lowest BCUT2D eigenvalue weighted by molar-refractivity contribution is -0.122. The van der Waals surface area contributed by atoms with Crippen molar-refractivity contribution < 1.29 is 9.53 Å². The smallest absolute Gasteiger partial charge is 0.145 e. The van der Waals surface area contributed by atoms with Gasteiger partial charge in [0.2, 0.25) is 0 Å². The first-order valence-electron chi connectivity index (χ1n) is 5.49. The Balaban J connectivity index is 1.98. The van der Waals surface area contributed by atoms with Gasteiger partial charge in [-0.15, -0.1) is 0 Å². The van der Waals surface area contributed by atoms with Crippen LogP contribution in [0.5, 0.6) is 0 Å². The molecule has 2 heterocycles. The zero-order valence-corrected chi connectivity index (χ0v) is 9.35. The number of pyridine rings is 1. The highest BCUT2D eigenvalue weighted by Gasteiger charge is 2.32. The Labute approximate surface area is 95.0 Å². The maximum Gasteiger partial charge on any atom is 0.145 e. The zero-order valence-electron chi connectivity index (χ0n) is 9.35. The van der Waals surface area contributed by atoms with Crippen LogP contribution >= 0.6 is 0 Å². The van der Waals surface area contributed by atoms with Gasteiger partial charge in [-0.25, -0.2) is 0 Å². The Bertz CT molecular complexity index is 353. The Morgan fingerprint density at radius 2 is 2.44 bits per heavy atom. The summed E-state index contributed by atoms with van der Waals surface area (Å²) in [6.45, 7) is 1.15. The molecule has 0 spiro atoms. The van der Waals surface area contributed by atoms with Gasteiger partial charge in [0.05, 0.1) is 19.1 Å². The van der Waals surface area contributed by atoms with E-state index in [0.717, 1.165) is 5.69 Å². The molecule has 4 heteroatoms. The summed E-state index contributed by atoms with van der Waals surface area (Å²) in [4.78, 5) is 16.2. The van der Waals surface area contributed by atoms with E-state index in [0.29, 0.717) is 19.6 Å². The van der Waals surface area contributed by atoms with Gasteiger partial charge in [0, 0.05) is 24.4 Å². The van der Waals surface area contributed by atoms with Crippen molar-refractivity contribution in [1.29, 1.82) is 0 Å². The van der Waals surface area contributed by atoms with Crippen molar-refractivity contribution in [3.63, 3.8) is 0 Å². The number of likely N-dealkylation sites (N-methyl/N-ethyl adjacent to an activating group) is 1. The fourth-order valence-electron chi connectivity index (χ4n) is 1.97. The summed E-state index contributed by atoms with van der Waals surface area (Å²) in [5.41, 5.74) is 0.828. The van der Waals surface area contributed by atoms with Crippen molar-refractivity contribution in [3.05, 3.63) is 30.1 Å². The van der Waals surface area contributed by atoms with Gasteiger partial charge >= 0.3 is 0 Å². The molecule has 0 bridgehead atoms. The van der Waals surface area contributed by atoms with Gasteiger partial charge in [0.25, 0.3) is 0 Å². The van der Waals surface area contributed by atoms with Crippen molar-refractivity contribution in [2.24, 2.45) is 5.92 Å². The second-order valence-electron chi connectivity index (χ2n) is 4.00. The minimum atomic E-state index is -0.0352. The van der Waals surface area contributed by atoms with Gasteiger partial charge in [0.1, 0.15) is 5.78 Å². The number of carbonyl (C=O) groups excluding carboxylic acids is 1. The molecule has 1 fully saturated rings. The van der Waals surface area contributed by atoms with Gasteiger partial charge in [-0.2, -0.15) is 0 Å². The zero-order chi connectivity index (χ0) is 11.4. The monoisotopic (exact) mass is 220 g/mol. The van der Waals surface area contributed by atoms with Crippen molar-refractivity contribution >= 4 is 5.78 Å². The number of nitrogens with zero attached hydrogens (tertiary/aromatic N) is 1. The molecule has 1 N–H and O–H groups in total. The van der Waals surface area contributed by atoms with E-state index in [4.69, 9.17) is 4.74 Å². The first-order valence-corrected chi connectivity index (χ1v) is 5.49. The van der Waals surface area contributed by atoms with Crippen LogP contribution in [0.15, 0.2) is 24.4 Å². The normalized spacial score (nSPS) is 24.6. The molecule has 2 rings (SSSR count). The van der Waals surface area contributed by atoms with E-state index in [-0.39, 0.29) is 17.7 Å². The Morgan fingerprint density at radius 3 is 3.12 bits per heavy atom. The number of nitrogens with one attached hydrogen (secondary N) is 1. The molecule has 0 aromatic carbocycles. The molecule has 1 aromatic heterocycles. The highest BCUT2D eigenvalue weighted by Crippen LogP contribution is 2.16. The number of Topliss-reactive ketones (excluding diaryl/α,β-unsaturated/α-hetero) is 1. The molecule has 1 aromatic rings. The molecule has 2 unspecified atom stereocenters. The quantitative estimate of drug-likeness (QED) is 0.799. The average molecular weight is 220 g/mol. The fraction of sp³-hybridized carbons (Fsp3) is 0.500. The number of hydrogen-bond donors (Lipinski definition) is 1. The molecule has 0 radical (unpaired) electrons. The molecule has 1 saturated heterocycles. The Hall–Kier alpha value is -1.26. The summed E-state index contributed by atoms with van der Waals surface area (Å²) >= 11 is 0. The molecule has 86 valence electrons. The number of rotatable bonds is 4. The van der Waals surface area contributed by atoms with Crippen LogP contribution < -0.4 is 5.32 Å². The van der Waals surface area contributed by atoms with Crippen molar-refractivity contribution in [2.75, 3.05) is 20.3 Å². The molecule has 4 nitrogen and oxygen atoms in total.